The van der Waals surface area contributed by atoms with Gasteiger partial charge in [0.25, 0.3) is 0 Å². The van der Waals surface area contributed by atoms with Crippen molar-refractivity contribution in [2.45, 2.75) is 62.8 Å². The molecule has 0 aliphatic rings. The summed E-state index contributed by atoms with van der Waals surface area (Å²) in [7, 11) is 0. The summed E-state index contributed by atoms with van der Waals surface area (Å²) in [5.74, 6) is 0. The molecule has 15 heavy (non-hydrogen) atoms. The Morgan fingerprint density at radius 2 is 1.27 bits per heavy atom. The van der Waals surface area contributed by atoms with Crippen molar-refractivity contribution < 1.29 is 0 Å². The molecular weight excluding hydrogens is 182 g/mol. The molecule has 0 amide bonds. The van der Waals surface area contributed by atoms with E-state index in [0.717, 1.165) is 5.69 Å². The van der Waals surface area contributed by atoms with Gasteiger partial charge in [-0.3, -0.25) is 4.98 Å². The molecule has 0 saturated carbocycles. The molecule has 0 saturated heterocycles. The topological polar surface area (TPSA) is 12.9 Å². The molecule has 0 aromatic carbocycles. The van der Waals surface area contributed by atoms with Crippen molar-refractivity contribution in [3.05, 3.63) is 29.6 Å². The van der Waals surface area contributed by atoms with Crippen LogP contribution in [0.2, 0.25) is 0 Å². The van der Waals surface area contributed by atoms with E-state index >= 15 is 0 Å². The monoisotopic (exact) mass is 213 g/mol. The van der Waals surface area contributed by atoms with E-state index in [9.17, 15) is 0 Å². The van der Waals surface area contributed by atoms with Crippen molar-refractivity contribution in [2.24, 2.45) is 0 Å². The van der Waals surface area contributed by atoms with Gasteiger partial charge in [0.05, 0.1) is 0 Å². The Balaban J connectivity index is -0.0000000755. The van der Waals surface area contributed by atoms with Gasteiger partial charge in [-0.05, 0) is 25.5 Å². The summed E-state index contributed by atoms with van der Waals surface area (Å²) in [6.45, 7) is 16.1. The summed E-state index contributed by atoms with van der Waals surface area (Å²) in [4.78, 5) is 4.08. The third-order valence-corrected chi connectivity index (χ3v) is 1.27. The fourth-order valence-electron chi connectivity index (χ4n) is 0.565. The molecule has 1 aromatic heterocycles. The minimum atomic E-state index is 0. The summed E-state index contributed by atoms with van der Waals surface area (Å²) in [5, 5.41) is 0. The van der Waals surface area contributed by atoms with Crippen LogP contribution in [0.25, 0.3) is 0 Å². The quantitative estimate of drug-likeness (QED) is 0.561. The van der Waals surface area contributed by atoms with Gasteiger partial charge in [-0.2, -0.15) is 0 Å². The van der Waals surface area contributed by atoms with Crippen LogP contribution >= 0.6 is 0 Å². The molecular formula is C14H31N. The molecule has 0 unspecified atom stereocenters. The number of hydrogen-bond acceptors (Lipinski definition) is 1. The maximum absolute atomic E-state index is 4.08. The van der Waals surface area contributed by atoms with Crippen molar-refractivity contribution in [3.63, 3.8) is 0 Å². The fourth-order valence-corrected chi connectivity index (χ4v) is 0.565. The zero-order chi connectivity index (χ0) is 12.0. The number of hydrogen-bond donors (Lipinski definition) is 0. The summed E-state index contributed by atoms with van der Waals surface area (Å²) >= 11 is 0. The summed E-state index contributed by atoms with van der Waals surface area (Å²) < 4.78 is 0. The molecule has 0 atom stereocenters. The van der Waals surface area contributed by atoms with E-state index in [0.29, 0.717) is 0 Å². The van der Waals surface area contributed by atoms with E-state index in [-0.39, 0.29) is 7.43 Å². The summed E-state index contributed by atoms with van der Waals surface area (Å²) in [5.41, 5.74) is 2.38. The van der Waals surface area contributed by atoms with E-state index in [1.807, 2.05) is 60.7 Å². The lowest BCUT2D eigenvalue weighted by molar-refractivity contribution is 1.15. The molecule has 0 radical (unpaired) electrons. The first-order valence-corrected chi connectivity index (χ1v) is 5.69. The molecule has 0 bridgehead atoms. The molecule has 1 rings (SSSR count). The highest BCUT2D eigenvalue weighted by molar-refractivity contribution is 5.15. The molecule has 0 aliphatic carbocycles. The Morgan fingerprint density at radius 3 is 1.47 bits per heavy atom. The van der Waals surface area contributed by atoms with E-state index in [2.05, 4.69) is 18.0 Å². The van der Waals surface area contributed by atoms with Crippen molar-refractivity contribution in [3.8, 4) is 0 Å². The Labute approximate surface area is 98.0 Å². The molecule has 1 nitrogen and oxygen atoms in total. The van der Waals surface area contributed by atoms with Crippen LogP contribution in [0.15, 0.2) is 18.3 Å². The SMILES string of the molecule is C.CC.CC.CC.Cc1cccnc1C. The van der Waals surface area contributed by atoms with E-state index in [4.69, 9.17) is 0 Å². The molecule has 0 N–H and O–H groups in total. The highest BCUT2D eigenvalue weighted by atomic mass is 14.6. The minimum absolute atomic E-state index is 0. The highest BCUT2D eigenvalue weighted by Crippen LogP contribution is 1.98. The van der Waals surface area contributed by atoms with Crippen molar-refractivity contribution in [1.29, 1.82) is 0 Å². The van der Waals surface area contributed by atoms with E-state index in [1.54, 1.807) is 0 Å². The number of nitrogens with zero attached hydrogens (tertiary/aromatic N) is 1. The number of rotatable bonds is 0. The molecule has 0 fully saturated rings. The zero-order valence-corrected chi connectivity index (χ0v) is 11.2. The fraction of sp³-hybridized carbons (Fsp3) is 0.643. The van der Waals surface area contributed by atoms with Crippen LogP contribution in [0.1, 0.15) is 60.2 Å². The van der Waals surface area contributed by atoms with Gasteiger partial charge >= 0.3 is 0 Å². The van der Waals surface area contributed by atoms with Crippen molar-refractivity contribution >= 4 is 0 Å². The van der Waals surface area contributed by atoms with Crippen LogP contribution in [0.5, 0.6) is 0 Å². The Bertz CT molecular complexity index is 161. The summed E-state index contributed by atoms with van der Waals surface area (Å²) in [6.07, 6.45) is 1.81. The average molecular weight is 213 g/mol. The second kappa shape index (κ2) is 23.2. The van der Waals surface area contributed by atoms with E-state index < -0.39 is 0 Å². The molecule has 1 heteroatoms. The molecule has 0 aliphatic heterocycles. The lowest BCUT2D eigenvalue weighted by Crippen LogP contribution is -1.81. The first-order chi connectivity index (χ1) is 6.80. The second-order valence-electron chi connectivity index (χ2n) is 1.91. The Morgan fingerprint density at radius 1 is 0.867 bits per heavy atom. The maximum atomic E-state index is 4.08. The predicted molar refractivity (Wildman–Crippen MR) is 74.5 cm³/mol. The maximum Gasteiger partial charge on any atom is 0.0401 e. The molecule has 1 heterocycles. The minimum Gasteiger partial charge on any atom is -0.261 e. The third-order valence-electron chi connectivity index (χ3n) is 1.27. The van der Waals surface area contributed by atoms with Crippen molar-refractivity contribution in [2.75, 3.05) is 0 Å². The standard InChI is InChI=1S/C7H9N.3C2H6.CH4/c1-6-4-3-5-8-7(6)2;3*1-2;/h3-5H,1-2H3;3*1-2H3;1H4. The Kier molecular flexibility index (Phi) is 36.7. The summed E-state index contributed by atoms with van der Waals surface area (Å²) in [6, 6.07) is 4.00. The van der Waals surface area contributed by atoms with Crippen LogP contribution in [0, 0.1) is 13.8 Å². The van der Waals surface area contributed by atoms with Crippen LogP contribution in [0.4, 0.5) is 0 Å². The van der Waals surface area contributed by atoms with E-state index in [1.165, 1.54) is 5.56 Å². The first kappa shape index (κ1) is 23.8. The zero-order valence-electron chi connectivity index (χ0n) is 11.2. The average Bonchev–Trinajstić information content (AvgIpc) is 2.31. The van der Waals surface area contributed by atoms with Crippen LogP contribution in [0.3, 0.4) is 0 Å². The van der Waals surface area contributed by atoms with Crippen LogP contribution < -0.4 is 0 Å². The predicted octanol–water partition coefficient (Wildman–Crippen LogP) is 5.41. The number of pyridine rings is 1. The van der Waals surface area contributed by atoms with Gasteiger partial charge in [-0.1, -0.05) is 55.0 Å². The smallest absolute Gasteiger partial charge is 0.0401 e. The van der Waals surface area contributed by atoms with Gasteiger partial charge in [0, 0.05) is 11.9 Å². The van der Waals surface area contributed by atoms with Gasteiger partial charge in [0.15, 0.2) is 0 Å². The van der Waals surface area contributed by atoms with Gasteiger partial charge in [-0.15, -0.1) is 0 Å². The molecule has 1 aromatic rings. The number of aryl methyl sites for hydroxylation is 2. The van der Waals surface area contributed by atoms with Gasteiger partial charge in [0.2, 0.25) is 0 Å². The van der Waals surface area contributed by atoms with Crippen LogP contribution in [-0.2, 0) is 0 Å². The normalized spacial score (nSPS) is 6.13. The largest absolute Gasteiger partial charge is 0.261 e. The van der Waals surface area contributed by atoms with Gasteiger partial charge < -0.3 is 0 Å². The van der Waals surface area contributed by atoms with Gasteiger partial charge in [0.1, 0.15) is 0 Å². The van der Waals surface area contributed by atoms with Crippen LogP contribution in [-0.4, -0.2) is 4.98 Å². The third kappa shape index (κ3) is 15.9. The Hall–Kier alpha value is -0.850. The van der Waals surface area contributed by atoms with Crippen molar-refractivity contribution in [1.82, 2.24) is 4.98 Å². The number of aromatic nitrogens is 1. The lowest BCUT2D eigenvalue weighted by atomic mass is 10.2. The van der Waals surface area contributed by atoms with Gasteiger partial charge in [-0.25, -0.2) is 0 Å². The lowest BCUT2D eigenvalue weighted by Gasteiger charge is -1.92. The first-order valence-electron chi connectivity index (χ1n) is 5.69. The molecule has 92 valence electrons. The molecule has 0 spiro atoms. The highest BCUT2D eigenvalue weighted by Gasteiger charge is 1.85. The second-order valence-corrected chi connectivity index (χ2v) is 1.91.